The van der Waals surface area contributed by atoms with E-state index in [2.05, 4.69) is 42.3 Å². The number of likely N-dealkylation sites (N-methyl/N-ethyl adjacent to an activating group) is 2. The molecule has 0 heterocycles. The van der Waals surface area contributed by atoms with E-state index in [1.807, 2.05) is 14.0 Å². The van der Waals surface area contributed by atoms with E-state index in [0.717, 1.165) is 18.5 Å². The van der Waals surface area contributed by atoms with E-state index in [4.69, 9.17) is 0 Å². The van der Waals surface area contributed by atoms with Crippen LogP contribution in [-0.2, 0) is 4.79 Å². The molecular weight excluding hydrogens is 264 g/mol. The Bertz CT molecular complexity index is 526. The highest BCUT2D eigenvalue weighted by atomic mass is 16.4. The van der Waals surface area contributed by atoms with Gasteiger partial charge in [-0.2, -0.15) is 0 Å². The third-order valence-corrected chi connectivity index (χ3v) is 4.40. The SMILES string of the molecule is CCNC(CN(C)c1ccc(C)cc1C)(C(=O)O)C1CC1. The average Bonchev–Trinajstić information content (AvgIpc) is 3.22. The van der Waals surface area contributed by atoms with Crippen molar-refractivity contribution in [2.45, 2.75) is 39.2 Å². The first-order chi connectivity index (χ1) is 9.90. The first-order valence-electron chi connectivity index (χ1n) is 7.67. The van der Waals surface area contributed by atoms with Crippen LogP contribution in [0.15, 0.2) is 18.2 Å². The summed E-state index contributed by atoms with van der Waals surface area (Å²) in [7, 11) is 1.98. The minimum Gasteiger partial charge on any atom is -0.480 e. The zero-order valence-electron chi connectivity index (χ0n) is 13.4. The minimum absolute atomic E-state index is 0.239. The number of anilines is 1. The number of carboxylic acids is 1. The van der Waals surface area contributed by atoms with Gasteiger partial charge in [0.15, 0.2) is 0 Å². The van der Waals surface area contributed by atoms with Crippen LogP contribution in [0.5, 0.6) is 0 Å². The molecule has 4 nitrogen and oxygen atoms in total. The van der Waals surface area contributed by atoms with E-state index in [9.17, 15) is 9.90 Å². The Labute approximate surface area is 127 Å². The van der Waals surface area contributed by atoms with Gasteiger partial charge in [0, 0.05) is 19.3 Å². The number of benzene rings is 1. The number of aryl methyl sites for hydroxylation is 2. The van der Waals surface area contributed by atoms with Crippen molar-refractivity contribution >= 4 is 11.7 Å². The van der Waals surface area contributed by atoms with Gasteiger partial charge in [0.2, 0.25) is 0 Å². The molecule has 2 rings (SSSR count). The van der Waals surface area contributed by atoms with E-state index in [1.165, 1.54) is 11.1 Å². The molecule has 0 aliphatic heterocycles. The first kappa shape index (κ1) is 15.8. The van der Waals surface area contributed by atoms with E-state index in [1.54, 1.807) is 0 Å². The molecule has 1 aromatic carbocycles. The lowest BCUT2D eigenvalue weighted by molar-refractivity contribution is -0.145. The van der Waals surface area contributed by atoms with Crippen molar-refractivity contribution in [1.82, 2.24) is 5.32 Å². The Morgan fingerprint density at radius 2 is 2.10 bits per heavy atom. The summed E-state index contributed by atoms with van der Waals surface area (Å²) in [4.78, 5) is 14.0. The largest absolute Gasteiger partial charge is 0.480 e. The Balaban J connectivity index is 2.25. The van der Waals surface area contributed by atoms with Crippen LogP contribution in [-0.4, -0.2) is 36.8 Å². The Hall–Kier alpha value is -1.55. The smallest absolute Gasteiger partial charge is 0.326 e. The van der Waals surface area contributed by atoms with Crippen molar-refractivity contribution in [3.8, 4) is 0 Å². The van der Waals surface area contributed by atoms with Crippen LogP contribution < -0.4 is 10.2 Å². The van der Waals surface area contributed by atoms with Gasteiger partial charge < -0.3 is 15.3 Å². The maximum atomic E-state index is 11.9. The number of nitrogens with one attached hydrogen (secondary N) is 1. The van der Waals surface area contributed by atoms with Crippen LogP contribution in [0.25, 0.3) is 0 Å². The summed E-state index contributed by atoms with van der Waals surface area (Å²) in [5.74, 6) is -0.494. The van der Waals surface area contributed by atoms with Crippen LogP contribution in [0.1, 0.15) is 30.9 Å². The molecule has 0 bridgehead atoms. The van der Waals surface area contributed by atoms with Crippen molar-refractivity contribution in [1.29, 1.82) is 0 Å². The molecular formula is C17H26N2O2. The van der Waals surface area contributed by atoms with Gasteiger partial charge in [0.25, 0.3) is 0 Å². The van der Waals surface area contributed by atoms with Gasteiger partial charge in [-0.15, -0.1) is 0 Å². The average molecular weight is 290 g/mol. The number of rotatable bonds is 7. The molecule has 0 aromatic heterocycles. The molecule has 0 radical (unpaired) electrons. The second-order valence-corrected chi connectivity index (χ2v) is 6.23. The number of carbonyl (C=O) groups is 1. The van der Waals surface area contributed by atoms with E-state index in [0.29, 0.717) is 13.1 Å². The zero-order chi connectivity index (χ0) is 15.6. The quantitative estimate of drug-likeness (QED) is 0.810. The van der Waals surface area contributed by atoms with Gasteiger partial charge in [-0.25, -0.2) is 0 Å². The number of carboxylic acid groups (broad SMARTS) is 1. The van der Waals surface area contributed by atoms with Crippen molar-refractivity contribution in [3.63, 3.8) is 0 Å². The molecule has 1 atom stereocenters. The molecule has 4 heteroatoms. The highest BCUT2D eigenvalue weighted by Crippen LogP contribution is 2.41. The van der Waals surface area contributed by atoms with Crippen LogP contribution in [0.4, 0.5) is 5.69 Å². The normalized spacial score (nSPS) is 17.3. The van der Waals surface area contributed by atoms with Gasteiger partial charge in [0.05, 0.1) is 0 Å². The van der Waals surface area contributed by atoms with Crippen LogP contribution in [0.3, 0.4) is 0 Å². The fraction of sp³-hybridized carbons (Fsp3) is 0.588. The third-order valence-electron chi connectivity index (χ3n) is 4.40. The molecule has 1 unspecified atom stereocenters. The molecule has 0 amide bonds. The summed E-state index contributed by atoms with van der Waals surface area (Å²) in [5, 5.41) is 13.0. The number of nitrogens with zero attached hydrogens (tertiary/aromatic N) is 1. The van der Waals surface area contributed by atoms with Gasteiger partial charge >= 0.3 is 5.97 Å². The van der Waals surface area contributed by atoms with Gasteiger partial charge in [-0.3, -0.25) is 4.79 Å². The van der Waals surface area contributed by atoms with E-state index in [-0.39, 0.29) is 5.92 Å². The monoisotopic (exact) mass is 290 g/mol. The van der Waals surface area contributed by atoms with Crippen molar-refractivity contribution in [2.75, 3.05) is 25.0 Å². The van der Waals surface area contributed by atoms with Gasteiger partial charge in [0.1, 0.15) is 5.54 Å². The minimum atomic E-state index is -0.833. The molecule has 1 aromatic rings. The summed E-state index contributed by atoms with van der Waals surface area (Å²) < 4.78 is 0. The number of hydrogen-bond acceptors (Lipinski definition) is 3. The summed E-state index contributed by atoms with van der Waals surface area (Å²) in [6.07, 6.45) is 2.00. The lowest BCUT2D eigenvalue weighted by Gasteiger charge is -2.36. The second-order valence-electron chi connectivity index (χ2n) is 6.23. The molecule has 21 heavy (non-hydrogen) atoms. The zero-order valence-corrected chi connectivity index (χ0v) is 13.4. The predicted molar refractivity (Wildman–Crippen MR) is 86.0 cm³/mol. The van der Waals surface area contributed by atoms with Crippen molar-refractivity contribution in [2.24, 2.45) is 5.92 Å². The summed E-state index contributed by atoms with van der Waals surface area (Å²) in [6, 6.07) is 6.29. The molecule has 2 N–H and O–H groups in total. The number of aliphatic carboxylic acids is 1. The van der Waals surface area contributed by atoms with Crippen LogP contribution in [0, 0.1) is 19.8 Å². The van der Waals surface area contributed by atoms with Crippen molar-refractivity contribution in [3.05, 3.63) is 29.3 Å². The fourth-order valence-electron chi connectivity index (χ4n) is 3.23. The lowest BCUT2D eigenvalue weighted by atomic mass is 9.92. The number of hydrogen-bond donors (Lipinski definition) is 2. The van der Waals surface area contributed by atoms with Crippen molar-refractivity contribution < 1.29 is 9.90 Å². The fourth-order valence-corrected chi connectivity index (χ4v) is 3.23. The first-order valence-corrected chi connectivity index (χ1v) is 7.67. The topological polar surface area (TPSA) is 52.6 Å². The van der Waals surface area contributed by atoms with Crippen LogP contribution in [0.2, 0.25) is 0 Å². The molecule has 1 aliphatic carbocycles. The maximum Gasteiger partial charge on any atom is 0.326 e. The van der Waals surface area contributed by atoms with E-state index >= 15 is 0 Å². The molecule has 1 fully saturated rings. The summed E-state index contributed by atoms with van der Waals surface area (Å²) in [5.41, 5.74) is 2.68. The highest BCUT2D eigenvalue weighted by Gasteiger charge is 2.51. The van der Waals surface area contributed by atoms with Gasteiger partial charge in [-0.1, -0.05) is 24.6 Å². The lowest BCUT2D eigenvalue weighted by Crippen LogP contribution is -2.60. The molecule has 1 aliphatic rings. The highest BCUT2D eigenvalue weighted by molar-refractivity contribution is 5.81. The molecule has 1 saturated carbocycles. The predicted octanol–water partition coefficient (Wildman–Crippen LogP) is 2.58. The summed E-state index contributed by atoms with van der Waals surface area (Å²) >= 11 is 0. The summed E-state index contributed by atoms with van der Waals surface area (Å²) in [6.45, 7) is 7.28. The van der Waals surface area contributed by atoms with Crippen LogP contribution >= 0.6 is 0 Å². The molecule has 0 saturated heterocycles. The Kier molecular flexibility index (Phi) is 4.57. The van der Waals surface area contributed by atoms with E-state index < -0.39 is 11.5 Å². The molecule has 116 valence electrons. The standard InChI is InChI=1S/C17H26N2O2/c1-5-18-17(16(20)21,14-7-8-14)11-19(4)15-9-6-12(2)10-13(15)3/h6,9-10,14,18H,5,7-8,11H2,1-4H3,(H,20,21). The Morgan fingerprint density at radius 1 is 1.43 bits per heavy atom. The second kappa shape index (κ2) is 6.06. The molecule has 0 spiro atoms. The maximum absolute atomic E-state index is 11.9. The Morgan fingerprint density at radius 3 is 2.57 bits per heavy atom. The third kappa shape index (κ3) is 3.21. The van der Waals surface area contributed by atoms with Gasteiger partial charge in [-0.05, 0) is 50.8 Å².